The van der Waals surface area contributed by atoms with Crippen LogP contribution in [-0.2, 0) is 22.8 Å². The molecule has 0 saturated carbocycles. The molecule has 1 saturated heterocycles. The third kappa shape index (κ3) is 7.47. The van der Waals surface area contributed by atoms with E-state index in [0.717, 1.165) is 0 Å². The summed E-state index contributed by atoms with van der Waals surface area (Å²) in [6, 6.07) is 0. The van der Waals surface area contributed by atoms with Crippen LogP contribution in [0.3, 0.4) is 0 Å². The van der Waals surface area contributed by atoms with E-state index < -0.39 is 55.7 Å². The Balaban J connectivity index is 3.36. The van der Waals surface area contributed by atoms with Crippen molar-refractivity contribution < 1.29 is 27.9 Å². The Morgan fingerprint density at radius 3 is 1.41 bits per heavy atom. The molecule has 204 valence electrons. The highest BCUT2D eigenvalue weighted by molar-refractivity contribution is 6.75. The van der Waals surface area contributed by atoms with Gasteiger partial charge in [-0.2, -0.15) is 0 Å². The second-order valence-electron chi connectivity index (χ2n) is 14.5. The molecule has 0 aromatic rings. The van der Waals surface area contributed by atoms with Crippen LogP contribution in [0.2, 0.25) is 54.4 Å². The zero-order chi connectivity index (χ0) is 27.1. The normalized spacial score (nSPS) is 28.3. The van der Waals surface area contributed by atoms with Gasteiger partial charge in [0.1, 0.15) is 24.4 Å². The lowest BCUT2D eigenvalue weighted by atomic mass is 9.99. The predicted molar refractivity (Wildman–Crippen MR) is 149 cm³/mol. The van der Waals surface area contributed by atoms with Gasteiger partial charge in [-0.25, -0.2) is 0 Å². The van der Waals surface area contributed by atoms with Gasteiger partial charge < -0.3 is 27.9 Å². The molecule has 1 fully saturated rings. The van der Waals surface area contributed by atoms with Gasteiger partial charge in [-0.1, -0.05) is 62.3 Å². The first-order valence-corrected chi connectivity index (χ1v) is 21.5. The van der Waals surface area contributed by atoms with Crippen LogP contribution < -0.4 is 0 Å². The standard InChI is InChI=1S/C25H56O6Si3/c1-23(2,3)32(11,12)28-17-18-19(26)20(30-33(13,14)24(4,5)6)21(22(27-10)29-18)31-34(15,16)25(7,8)9/h18-22,26H,17H2,1-16H3/t18-,19-,20+,21-,22-/m1/s1. The lowest BCUT2D eigenvalue weighted by Crippen LogP contribution is -2.66. The molecule has 0 amide bonds. The molecule has 1 heterocycles. The van der Waals surface area contributed by atoms with Gasteiger partial charge in [-0.15, -0.1) is 0 Å². The number of aliphatic hydroxyl groups is 1. The van der Waals surface area contributed by atoms with E-state index in [4.69, 9.17) is 22.8 Å². The van der Waals surface area contributed by atoms with Crippen molar-refractivity contribution in [3.05, 3.63) is 0 Å². The summed E-state index contributed by atoms with van der Waals surface area (Å²) < 4.78 is 32.3. The molecule has 1 aliphatic heterocycles. The number of ether oxygens (including phenoxy) is 2. The molecule has 0 aromatic heterocycles. The monoisotopic (exact) mass is 536 g/mol. The largest absolute Gasteiger partial charge is 0.414 e. The summed E-state index contributed by atoms with van der Waals surface area (Å²) in [6.07, 6.45) is -3.13. The molecule has 0 aliphatic carbocycles. The number of hydrogen-bond acceptors (Lipinski definition) is 6. The highest BCUT2D eigenvalue weighted by Gasteiger charge is 2.54. The highest BCUT2D eigenvalue weighted by Crippen LogP contribution is 2.43. The Morgan fingerprint density at radius 1 is 0.676 bits per heavy atom. The predicted octanol–water partition coefficient (Wildman–Crippen LogP) is 6.52. The Hall–Kier alpha value is 0.411. The van der Waals surface area contributed by atoms with Gasteiger partial charge >= 0.3 is 0 Å². The van der Waals surface area contributed by atoms with Gasteiger partial charge in [-0.3, -0.25) is 0 Å². The number of methoxy groups -OCH3 is 1. The first kappa shape index (κ1) is 32.4. The molecule has 6 nitrogen and oxygen atoms in total. The lowest BCUT2D eigenvalue weighted by Gasteiger charge is -2.51. The van der Waals surface area contributed by atoms with Crippen LogP contribution in [0.1, 0.15) is 62.3 Å². The first-order valence-electron chi connectivity index (χ1n) is 12.7. The van der Waals surface area contributed by atoms with Crippen molar-refractivity contribution in [3.8, 4) is 0 Å². The Morgan fingerprint density at radius 2 is 1.06 bits per heavy atom. The molecular weight excluding hydrogens is 481 g/mol. The van der Waals surface area contributed by atoms with Crippen molar-refractivity contribution in [2.24, 2.45) is 0 Å². The van der Waals surface area contributed by atoms with E-state index in [2.05, 4.69) is 102 Å². The van der Waals surface area contributed by atoms with Crippen LogP contribution in [-0.4, -0.2) is 74.5 Å². The average molecular weight is 537 g/mol. The number of rotatable bonds is 8. The Kier molecular flexibility index (Phi) is 10.2. The van der Waals surface area contributed by atoms with E-state index in [1.165, 1.54) is 0 Å². The zero-order valence-electron chi connectivity index (χ0n) is 25.1. The summed E-state index contributed by atoms with van der Waals surface area (Å²) in [5.41, 5.74) is 0. The maximum atomic E-state index is 11.6. The average Bonchev–Trinajstić information content (AvgIpc) is 2.61. The van der Waals surface area contributed by atoms with E-state index in [1.807, 2.05) is 0 Å². The van der Waals surface area contributed by atoms with Crippen LogP contribution >= 0.6 is 0 Å². The van der Waals surface area contributed by atoms with Gasteiger partial charge in [-0.05, 0) is 54.4 Å². The summed E-state index contributed by atoms with van der Waals surface area (Å²) >= 11 is 0. The molecule has 0 spiro atoms. The molecule has 34 heavy (non-hydrogen) atoms. The van der Waals surface area contributed by atoms with Crippen LogP contribution in [0.25, 0.3) is 0 Å². The summed E-state index contributed by atoms with van der Waals surface area (Å²) in [5, 5.41) is 11.7. The van der Waals surface area contributed by atoms with Crippen LogP contribution in [0, 0.1) is 0 Å². The zero-order valence-corrected chi connectivity index (χ0v) is 28.1. The molecule has 5 atom stereocenters. The third-order valence-corrected chi connectivity index (χ3v) is 22.2. The van der Waals surface area contributed by atoms with Crippen molar-refractivity contribution in [1.82, 2.24) is 0 Å². The fourth-order valence-corrected chi connectivity index (χ4v) is 6.62. The van der Waals surface area contributed by atoms with E-state index in [1.54, 1.807) is 7.11 Å². The maximum absolute atomic E-state index is 11.6. The first-order chi connectivity index (χ1) is 14.9. The molecule has 0 radical (unpaired) electrons. The molecule has 0 bridgehead atoms. The van der Waals surface area contributed by atoms with Crippen molar-refractivity contribution >= 4 is 25.0 Å². The molecule has 0 aromatic carbocycles. The second kappa shape index (κ2) is 10.6. The van der Waals surface area contributed by atoms with Crippen LogP contribution in [0.5, 0.6) is 0 Å². The van der Waals surface area contributed by atoms with E-state index in [-0.39, 0.29) is 15.1 Å². The number of aliphatic hydroxyl groups excluding tert-OH is 1. The van der Waals surface area contributed by atoms with Gasteiger partial charge in [0.2, 0.25) is 0 Å². The summed E-state index contributed by atoms with van der Waals surface area (Å²) in [6.45, 7) is 33.5. The SMILES string of the molecule is CO[C@@H]1O[C@H](CO[Si](C)(C)C(C)(C)C)[C@@H](O)[C@H](O[Si](C)(C)C(C)(C)C)[C@H]1O[Si](C)(C)C(C)(C)C. The van der Waals surface area contributed by atoms with Crippen molar-refractivity contribution in [2.75, 3.05) is 13.7 Å². The lowest BCUT2D eigenvalue weighted by molar-refractivity contribution is -0.287. The minimum Gasteiger partial charge on any atom is -0.414 e. The molecule has 1 aliphatic rings. The smallest absolute Gasteiger partial charge is 0.192 e. The quantitative estimate of drug-likeness (QED) is 0.356. The molecule has 1 N–H and O–H groups in total. The van der Waals surface area contributed by atoms with Crippen molar-refractivity contribution in [3.63, 3.8) is 0 Å². The minimum absolute atomic E-state index is 0.0000593. The van der Waals surface area contributed by atoms with Gasteiger partial charge in [0.05, 0.1) is 6.61 Å². The fraction of sp³-hybridized carbons (Fsp3) is 1.00. The number of hydrogen-bond donors (Lipinski definition) is 1. The third-order valence-electron chi connectivity index (χ3n) is 8.74. The van der Waals surface area contributed by atoms with Crippen LogP contribution in [0.4, 0.5) is 0 Å². The Labute approximate surface area is 213 Å². The fourth-order valence-electron chi connectivity index (χ4n) is 3.02. The molecular formula is C25H56O6Si3. The summed E-state index contributed by atoms with van der Waals surface area (Å²) in [5.74, 6) is 0. The minimum atomic E-state index is -2.23. The summed E-state index contributed by atoms with van der Waals surface area (Å²) in [7, 11) is -4.80. The topological polar surface area (TPSA) is 66.4 Å². The maximum Gasteiger partial charge on any atom is 0.192 e. The van der Waals surface area contributed by atoms with Gasteiger partial charge in [0, 0.05) is 7.11 Å². The van der Waals surface area contributed by atoms with Gasteiger partial charge in [0.25, 0.3) is 0 Å². The van der Waals surface area contributed by atoms with E-state index in [0.29, 0.717) is 6.61 Å². The highest BCUT2D eigenvalue weighted by atomic mass is 28.4. The summed E-state index contributed by atoms with van der Waals surface area (Å²) in [4.78, 5) is 0. The van der Waals surface area contributed by atoms with Gasteiger partial charge in [0.15, 0.2) is 31.2 Å². The van der Waals surface area contributed by atoms with E-state index >= 15 is 0 Å². The molecule has 9 heteroatoms. The van der Waals surface area contributed by atoms with Crippen LogP contribution in [0.15, 0.2) is 0 Å². The van der Waals surface area contributed by atoms with Crippen molar-refractivity contribution in [1.29, 1.82) is 0 Å². The Bertz CT molecular complexity index is 661. The van der Waals surface area contributed by atoms with Crippen molar-refractivity contribution in [2.45, 2.75) is 147 Å². The van der Waals surface area contributed by atoms with E-state index in [9.17, 15) is 5.11 Å². The molecule has 1 rings (SSSR count). The second-order valence-corrected chi connectivity index (χ2v) is 28.8. The molecule has 0 unspecified atom stereocenters.